The van der Waals surface area contributed by atoms with E-state index in [0.29, 0.717) is 22.1 Å². The van der Waals surface area contributed by atoms with Crippen molar-refractivity contribution in [3.8, 4) is 11.3 Å². The molecule has 0 spiro atoms. The van der Waals surface area contributed by atoms with Gasteiger partial charge in [0.1, 0.15) is 6.54 Å². The van der Waals surface area contributed by atoms with Crippen LogP contribution in [0.2, 0.25) is 5.02 Å². The van der Waals surface area contributed by atoms with Crippen LogP contribution >= 0.6 is 11.6 Å². The van der Waals surface area contributed by atoms with Crippen molar-refractivity contribution >= 4 is 28.8 Å². The largest absolute Gasteiger partial charge is 0.367 e. The van der Waals surface area contributed by atoms with Crippen LogP contribution in [-0.4, -0.2) is 25.3 Å². The number of amides is 1. The summed E-state index contributed by atoms with van der Waals surface area (Å²) in [4.78, 5) is 25.1. The summed E-state index contributed by atoms with van der Waals surface area (Å²) >= 11 is 6.09. The quantitative estimate of drug-likeness (QED) is 0.543. The molecular weight excluding hydrogens is 402 g/mol. The number of fused-ring (bicyclic) bond motifs is 1. The number of benzene rings is 2. The van der Waals surface area contributed by atoms with Gasteiger partial charge in [-0.05, 0) is 67.8 Å². The standard InChI is InChI=1S/C22H20ClN5O2/c1-13-4-6-16(10-15(13)3)19-8-9-20-26-27(22(30)28(20)25-19)12-21(29)24-17-7-5-14(2)18(23)11-17/h4-11H,12H2,1-3H3,(H,24,29). The van der Waals surface area contributed by atoms with E-state index in [1.807, 2.05) is 51.1 Å². The summed E-state index contributed by atoms with van der Waals surface area (Å²) < 4.78 is 2.30. The fourth-order valence-corrected chi connectivity index (χ4v) is 3.25. The molecule has 8 heteroatoms. The van der Waals surface area contributed by atoms with Gasteiger partial charge < -0.3 is 5.32 Å². The minimum absolute atomic E-state index is 0.230. The first-order valence-corrected chi connectivity index (χ1v) is 9.80. The van der Waals surface area contributed by atoms with Gasteiger partial charge in [0, 0.05) is 16.3 Å². The van der Waals surface area contributed by atoms with Gasteiger partial charge in [0.15, 0.2) is 5.65 Å². The summed E-state index contributed by atoms with van der Waals surface area (Å²) in [6.07, 6.45) is 0. The van der Waals surface area contributed by atoms with Gasteiger partial charge in [-0.2, -0.15) is 9.61 Å². The lowest BCUT2D eigenvalue weighted by molar-refractivity contribution is -0.117. The van der Waals surface area contributed by atoms with Crippen LogP contribution in [0.15, 0.2) is 53.3 Å². The Morgan fingerprint density at radius 2 is 1.73 bits per heavy atom. The van der Waals surface area contributed by atoms with Gasteiger partial charge in [0.2, 0.25) is 5.91 Å². The highest BCUT2D eigenvalue weighted by Crippen LogP contribution is 2.21. The number of carbonyl (C=O) groups excluding carboxylic acids is 1. The fraction of sp³-hybridized carbons (Fsp3) is 0.182. The minimum Gasteiger partial charge on any atom is -0.324 e. The average molecular weight is 422 g/mol. The van der Waals surface area contributed by atoms with E-state index in [2.05, 4.69) is 15.5 Å². The van der Waals surface area contributed by atoms with Crippen molar-refractivity contribution in [2.45, 2.75) is 27.3 Å². The maximum atomic E-state index is 12.7. The van der Waals surface area contributed by atoms with E-state index in [4.69, 9.17) is 11.6 Å². The number of nitrogens with zero attached hydrogens (tertiary/aromatic N) is 4. The smallest absolute Gasteiger partial charge is 0.324 e. The molecule has 0 unspecified atom stereocenters. The zero-order valence-electron chi connectivity index (χ0n) is 16.8. The lowest BCUT2D eigenvalue weighted by Gasteiger charge is -2.06. The first-order valence-electron chi connectivity index (χ1n) is 9.42. The fourth-order valence-electron chi connectivity index (χ4n) is 3.07. The number of hydrogen-bond donors (Lipinski definition) is 1. The number of nitrogens with one attached hydrogen (secondary N) is 1. The SMILES string of the molecule is Cc1ccc(-c2ccc3nn(CC(=O)Nc4ccc(C)c(Cl)c4)c(=O)n3n2)cc1C. The van der Waals surface area contributed by atoms with E-state index < -0.39 is 5.69 Å². The predicted octanol–water partition coefficient (Wildman–Crippen LogP) is 3.78. The number of rotatable bonds is 4. The van der Waals surface area contributed by atoms with Crippen LogP contribution in [0.3, 0.4) is 0 Å². The molecule has 0 fully saturated rings. The topological polar surface area (TPSA) is 81.3 Å². The van der Waals surface area contributed by atoms with E-state index in [-0.39, 0.29) is 12.5 Å². The van der Waals surface area contributed by atoms with Crippen LogP contribution in [0.4, 0.5) is 5.69 Å². The molecule has 2 heterocycles. The molecule has 4 aromatic rings. The summed E-state index contributed by atoms with van der Waals surface area (Å²) in [6.45, 7) is 5.72. The molecule has 0 aliphatic rings. The number of aryl methyl sites for hydroxylation is 3. The molecule has 4 rings (SSSR count). The van der Waals surface area contributed by atoms with Crippen molar-refractivity contribution in [3.63, 3.8) is 0 Å². The molecule has 1 N–H and O–H groups in total. The third-order valence-corrected chi connectivity index (χ3v) is 5.40. The number of halogens is 1. The highest BCUT2D eigenvalue weighted by Gasteiger charge is 2.13. The van der Waals surface area contributed by atoms with E-state index in [1.54, 1.807) is 18.2 Å². The van der Waals surface area contributed by atoms with Gasteiger partial charge in [-0.15, -0.1) is 5.10 Å². The van der Waals surface area contributed by atoms with Crippen molar-refractivity contribution < 1.29 is 4.79 Å². The van der Waals surface area contributed by atoms with Gasteiger partial charge in [0.25, 0.3) is 0 Å². The summed E-state index contributed by atoms with van der Waals surface area (Å²) in [6, 6.07) is 14.8. The first kappa shape index (κ1) is 19.8. The van der Waals surface area contributed by atoms with Crippen molar-refractivity contribution in [1.29, 1.82) is 0 Å². The van der Waals surface area contributed by atoms with Crippen molar-refractivity contribution in [3.05, 3.63) is 80.7 Å². The number of hydrogen-bond acceptors (Lipinski definition) is 4. The molecule has 0 saturated carbocycles. The van der Waals surface area contributed by atoms with Crippen LogP contribution < -0.4 is 11.0 Å². The Bertz CT molecular complexity index is 1340. The second kappa shape index (κ2) is 7.76. The molecular formula is C22H20ClN5O2. The van der Waals surface area contributed by atoms with Gasteiger partial charge in [-0.25, -0.2) is 9.48 Å². The third-order valence-electron chi connectivity index (χ3n) is 4.99. The Balaban J connectivity index is 1.60. The Morgan fingerprint density at radius 1 is 0.967 bits per heavy atom. The maximum Gasteiger partial charge on any atom is 0.367 e. The normalized spacial score (nSPS) is 11.1. The molecule has 1 amide bonds. The highest BCUT2D eigenvalue weighted by atomic mass is 35.5. The summed E-state index contributed by atoms with van der Waals surface area (Å²) in [7, 11) is 0. The Morgan fingerprint density at radius 3 is 2.47 bits per heavy atom. The van der Waals surface area contributed by atoms with Gasteiger partial charge in [-0.1, -0.05) is 29.8 Å². The molecule has 0 atom stereocenters. The molecule has 0 aliphatic heterocycles. The zero-order valence-corrected chi connectivity index (χ0v) is 17.6. The monoisotopic (exact) mass is 421 g/mol. The lowest BCUT2D eigenvalue weighted by atomic mass is 10.0. The summed E-state index contributed by atoms with van der Waals surface area (Å²) in [5, 5.41) is 11.9. The van der Waals surface area contributed by atoms with Crippen LogP contribution in [0.1, 0.15) is 16.7 Å². The van der Waals surface area contributed by atoms with Crippen LogP contribution in [0.25, 0.3) is 16.9 Å². The molecule has 2 aromatic heterocycles. The van der Waals surface area contributed by atoms with Gasteiger partial charge in [0.05, 0.1) is 5.69 Å². The number of carbonyl (C=O) groups is 1. The summed E-state index contributed by atoms with van der Waals surface area (Å²) in [5.74, 6) is -0.380. The average Bonchev–Trinajstić information content (AvgIpc) is 3.02. The van der Waals surface area contributed by atoms with E-state index in [9.17, 15) is 9.59 Å². The van der Waals surface area contributed by atoms with E-state index in [1.165, 1.54) is 10.1 Å². The molecule has 0 bridgehead atoms. The van der Waals surface area contributed by atoms with Crippen LogP contribution in [0.5, 0.6) is 0 Å². The van der Waals surface area contributed by atoms with Crippen molar-refractivity contribution in [2.24, 2.45) is 0 Å². The zero-order chi connectivity index (χ0) is 21.4. The van der Waals surface area contributed by atoms with Gasteiger partial charge in [-0.3, -0.25) is 4.79 Å². The van der Waals surface area contributed by atoms with Crippen molar-refractivity contribution in [1.82, 2.24) is 19.4 Å². The lowest BCUT2D eigenvalue weighted by Crippen LogP contribution is -2.28. The molecule has 0 radical (unpaired) electrons. The maximum absolute atomic E-state index is 12.7. The molecule has 0 aliphatic carbocycles. The number of anilines is 1. The molecule has 2 aromatic carbocycles. The first-order chi connectivity index (χ1) is 14.3. The highest BCUT2D eigenvalue weighted by molar-refractivity contribution is 6.31. The second-order valence-corrected chi connectivity index (χ2v) is 7.65. The predicted molar refractivity (Wildman–Crippen MR) is 117 cm³/mol. The second-order valence-electron chi connectivity index (χ2n) is 7.24. The molecule has 7 nitrogen and oxygen atoms in total. The van der Waals surface area contributed by atoms with Crippen LogP contribution in [0, 0.1) is 20.8 Å². The summed E-state index contributed by atoms with van der Waals surface area (Å²) in [5.41, 5.74) is 5.27. The molecule has 152 valence electrons. The molecule has 0 saturated heterocycles. The number of aromatic nitrogens is 4. The van der Waals surface area contributed by atoms with E-state index in [0.717, 1.165) is 21.4 Å². The van der Waals surface area contributed by atoms with Crippen LogP contribution in [-0.2, 0) is 11.3 Å². The van der Waals surface area contributed by atoms with Crippen molar-refractivity contribution in [2.75, 3.05) is 5.32 Å². The Kier molecular flexibility index (Phi) is 5.13. The Hall–Kier alpha value is -3.45. The minimum atomic E-state index is -0.479. The Labute approximate surface area is 177 Å². The third kappa shape index (κ3) is 3.84. The van der Waals surface area contributed by atoms with E-state index >= 15 is 0 Å². The molecule has 30 heavy (non-hydrogen) atoms. The van der Waals surface area contributed by atoms with Gasteiger partial charge >= 0.3 is 5.69 Å².